The van der Waals surface area contributed by atoms with Crippen LogP contribution >= 0.6 is 0 Å². The molecule has 214 valence electrons. The number of ether oxygens (including phenoxy) is 1. The molecule has 3 heterocycles. The molecule has 1 aliphatic rings. The van der Waals surface area contributed by atoms with Crippen molar-refractivity contribution >= 4 is 22.9 Å². The van der Waals surface area contributed by atoms with Crippen LogP contribution in [0, 0.1) is 5.82 Å². The zero-order valence-electron chi connectivity index (χ0n) is 21.5. The standard InChI is InChI=1S/C27H22F4N4O6/c1-25(23(32)37)12-40-21-16(25)10-19(34-20(21)13-3-6-15(28)7-4-13)26(39,27(29,30)31)11-33-22(36)14-5-8-18-17(9-14)35(2)24(38)41-18/h3-10,39H,11-12H2,1-2H3,(H2,32,37)(H,33,36)/t25-,26-/m0/s1. The molecule has 1 aliphatic heterocycles. The van der Waals surface area contributed by atoms with Gasteiger partial charge in [-0.3, -0.25) is 14.2 Å². The average molecular weight is 574 g/mol. The number of aryl methyl sites for hydroxylation is 1. The number of primary amides is 1. The van der Waals surface area contributed by atoms with Gasteiger partial charge in [0.25, 0.3) is 5.91 Å². The van der Waals surface area contributed by atoms with Gasteiger partial charge in [-0.2, -0.15) is 13.2 Å². The summed E-state index contributed by atoms with van der Waals surface area (Å²) in [6.07, 6.45) is -5.37. The first-order chi connectivity index (χ1) is 19.2. The van der Waals surface area contributed by atoms with Crippen molar-refractivity contribution in [3.05, 3.63) is 81.7 Å². The first-order valence-corrected chi connectivity index (χ1v) is 12.1. The monoisotopic (exact) mass is 574 g/mol. The summed E-state index contributed by atoms with van der Waals surface area (Å²) in [4.78, 5) is 41.0. The summed E-state index contributed by atoms with van der Waals surface area (Å²) >= 11 is 0. The fourth-order valence-electron chi connectivity index (χ4n) is 4.52. The summed E-state index contributed by atoms with van der Waals surface area (Å²) in [5.74, 6) is -3.25. The molecule has 0 aliphatic carbocycles. The largest absolute Gasteiger partial charge is 0.489 e. The van der Waals surface area contributed by atoms with Crippen LogP contribution in [-0.2, 0) is 22.9 Å². The van der Waals surface area contributed by atoms with Crippen LogP contribution in [0.25, 0.3) is 22.4 Å². The van der Waals surface area contributed by atoms with Crippen molar-refractivity contribution in [3.63, 3.8) is 0 Å². The van der Waals surface area contributed by atoms with Gasteiger partial charge in [-0.1, -0.05) is 0 Å². The number of aromatic nitrogens is 2. The van der Waals surface area contributed by atoms with Crippen molar-refractivity contribution < 1.29 is 41.4 Å². The van der Waals surface area contributed by atoms with Crippen LogP contribution in [0.5, 0.6) is 5.75 Å². The Morgan fingerprint density at radius 2 is 1.85 bits per heavy atom. The van der Waals surface area contributed by atoms with Crippen LogP contribution in [0.2, 0.25) is 0 Å². The molecule has 0 fully saturated rings. The summed E-state index contributed by atoms with van der Waals surface area (Å²) in [5, 5.41) is 13.2. The van der Waals surface area contributed by atoms with E-state index < -0.39 is 52.8 Å². The van der Waals surface area contributed by atoms with Gasteiger partial charge in [-0.25, -0.2) is 14.2 Å². The van der Waals surface area contributed by atoms with Crippen molar-refractivity contribution in [1.82, 2.24) is 14.9 Å². The molecule has 0 saturated carbocycles. The van der Waals surface area contributed by atoms with Gasteiger partial charge < -0.3 is 25.3 Å². The Morgan fingerprint density at radius 3 is 2.49 bits per heavy atom. The van der Waals surface area contributed by atoms with Crippen molar-refractivity contribution in [2.75, 3.05) is 13.2 Å². The highest BCUT2D eigenvalue weighted by atomic mass is 19.4. The number of halogens is 4. The predicted octanol–water partition coefficient (Wildman–Crippen LogP) is 2.65. The predicted molar refractivity (Wildman–Crippen MR) is 135 cm³/mol. The van der Waals surface area contributed by atoms with Gasteiger partial charge in [0.15, 0.2) is 5.58 Å². The van der Waals surface area contributed by atoms with Crippen LogP contribution in [-0.4, -0.2) is 45.8 Å². The van der Waals surface area contributed by atoms with Crippen molar-refractivity contribution in [1.29, 1.82) is 0 Å². The third-order valence-corrected chi connectivity index (χ3v) is 7.19. The minimum atomic E-state index is -5.37. The molecular formula is C27H22F4N4O6. The average Bonchev–Trinajstić information content (AvgIpc) is 3.42. The van der Waals surface area contributed by atoms with Gasteiger partial charge in [0.1, 0.15) is 29.3 Å². The van der Waals surface area contributed by atoms with E-state index >= 15 is 0 Å². The minimum Gasteiger partial charge on any atom is -0.489 e. The van der Waals surface area contributed by atoms with Gasteiger partial charge in [-0.05, 0) is 55.5 Å². The number of rotatable bonds is 6. The Kier molecular flexibility index (Phi) is 6.41. The number of nitrogens with one attached hydrogen (secondary N) is 1. The van der Waals surface area contributed by atoms with E-state index in [1.54, 1.807) is 0 Å². The molecule has 4 N–H and O–H groups in total. The smallest absolute Gasteiger partial charge is 0.424 e. The number of hydrogen-bond donors (Lipinski definition) is 3. The maximum absolute atomic E-state index is 14.5. The summed E-state index contributed by atoms with van der Waals surface area (Å²) in [5.41, 5.74) is -0.548. The van der Waals surface area contributed by atoms with E-state index in [2.05, 4.69) is 10.3 Å². The highest BCUT2D eigenvalue weighted by Gasteiger charge is 2.57. The van der Waals surface area contributed by atoms with E-state index in [9.17, 15) is 37.1 Å². The van der Waals surface area contributed by atoms with E-state index in [-0.39, 0.29) is 45.8 Å². The third kappa shape index (κ3) is 4.49. The number of aliphatic hydroxyl groups is 1. The van der Waals surface area contributed by atoms with Crippen LogP contribution in [0.4, 0.5) is 17.6 Å². The molecule has 2 aromatic carbocycles. The van der Waals surface area contributed by atoms with E-state index in [0.29, 0.717) is 0 Å². The van der Waals surface area contributed by atoms with Crippen LogP contribution in [0.1, 0.15) is 28.5 Å². The third-order valence-electron chi connectivity index (χ3n) is 7.19. The first-order valence-electron chi connectivity index (χ1n) is 12.1. The SMILES string of the molecule is Cn1c(=O)oc2ccc(C(=O)NC[C@](O)(c3cc4c(c(-c5ccc(F)cc5)n3)OC[C@]4(C)C(N)=O)C(F)(F)F)cc21. The van der Waals surface area contributed by atoms with E-state index in [1.165, 1.54) is 44.3 Å². The molecule has 4 aromatic rings. The summed E-state index contributed by atoms with van der Waals surface area (Å²) in [6, 6.07) is 9.28. The number of carbonyl (C=O) groups is 2. The molecule has 2 aromatic heterocycles. The Bertz CT molecular complexity index is 1760. The number of oxazole rings is 1. The molecule has 0 spiro atoms. The number of nitrogens with two attached hydrogens (primary N) is 1. The number of pyridine rings is 1. The van der Waals surface area contributed by atoms with Crippen molar-refractivity contribution in [2.45, 2.75) is 24.1 Å². The topological polar surface area (TPSA) is 150 Å². The second kappa shape index (κ2) is 9.44. The Labute approximate surface area is 228 Å². The van der Waals surface area contributed by atoms with Gasteiger partial charge in [0.2, 0.25) is 11.5 Å². The fourth-order valence-corrected chi connectivity index (χ4v) is 4.52. The number of fused-ring (bicyclic) bond motifs is 2. The zero-order valence-corrected chi connectivity index (χ0v) is 21.5. The molecule has 0 bridgehead atoms. The molecule has 10 nitrogen and oxygen atoms in total. The molecule has 2 amide bonds. The minimum absolute atomic E-state index is 0.0470. The lowest BCUT2D eigenvalue weighted by molar-refractivity contribution is -0.265. The van der Waals surface area contributed by atoms with Crippen molar-refractivity contribution in [3.8, 4) is 17.0 Å². The fraction of sp³-hybridized carbons (Fsp3) is 0.259. The number of hydrogen-bond acceptors (Lipinski definition) is 7. The number of alkyl halides is 3. The Balaban J connectivity index is 1.59. The lowest BCUT2D eigenvalue weighted by Crippen LogP contribution is -2.51. The highest BCUT2D eigenvalue weighted by molar-refractivity contribution is 5.97. The molecule has 2 atom stereocenters. The second-order valence-corrected chi connectivity index (χ2v) is 9.87. The van der Waals surface area contributed by atoms with Crippen LogP contribution in [0.15, 0.2) is 57.7 Å². The van der Waals surface area contributed by atoms with E-state index in [0.717, 1.165) is 22.8 Å². The Hall–Kier alpha value is -4.72. The highest BCUT2D eigenvalue weighted by Crippen LogP contribution is 2.47. The number of carbonyl (C=O) groups excluding carboxylic acids is 2. The normalized spacial score (nSPS) is 18.0. The number of nitrogens with zero attached hydrogens (tertiary/aromatic N) is 2. The molecule has 0 unspecified atom stereocenters. The Morgan fingerprint density at radius 1 is 1.17 bits per heavy atom. The van der Waals surface area contributed by atoms with Gasteiger partial charge >= 0.3 is 11.9 Å². The van der Waals surface area contributed by atoms with E-state index in [4.69, 9.17) is 14.9 Å². The van der Waals surface area contributed by atoms with Gasteiger partial charge in [0.05, 0.1) is 17.8 Å². The lowest BCUT2D eigenvalue weighted by Gasteiger charge is -2.31. The second-order valence-electron chi connectivity index (χ2n) is 9.87. The number of amides is 2. The van der Waals surface area contributed by atoms with Crippen LogP contribution in [0.3, 0.4) is 0 Å². The van der Waals surface area contributed by atoms with Gasteiger partial charge in [0, 0.05) is 23.7 Å². The molecule has 0 radical (unpaired) electrons. The molecule has 0 saturated heterocycles. The molecule has 14 heteroatoms. The lowest BCUT2D eigenvalue weighted by atomic mass is 9.81. The van der Waals surface area contributed by atoms with E-state index in [1.807, 2.05) is 0 Å². The summed E-state index contributed by atoms with van der Waals surface area (Å²) < 4.78 is 68.9. The molecular weight excluding hydrogens is 552 g/mol. The molecule has 5 rings (SSSR count). The summed E-state index contributed by atoms with van der Waals surface area (Å²) in [7, 11) is 1.39. The van der Waals surface area contributed by atoms with Crippen molar-refractivity contribution in [2.24, 2.45) is 12.8 Å². The first kappa shape index (κ1) is 27.8. The zero-order chi connectivity index (χ0) is 29.9. The maximum Gasteiger partial charge on any atom is 0.424 e. The van der Waals surface area contributed by atoms with Crippen LogP contribution < -0.4 is 21.5 Å². The summed E-state index contributed by atoms with van der Waals surface area (Å²) in [6.45, 7) is -0.315. The quantitative estimate of drug-likeness (QED) is 0.300. The van der Waals surface area contributed by atoms with Gasteiger partial charge in [-0.15, -0.1) is 0 Å². The molecule has 41 heavy (non-hydrogen) atoms. The maximum atomic E-state index is 14.5. The number of benzene rings is 2.